The molecular formula is C33H38N6O4. The Labute approximate surface area is 251 Å². The quantitative estimate of drug-likeness (QED) is 0.372. The number of pyridine rings is 1. The molecule has 2 aromatic heterocycles. The number of imide groups is 1. The van der Waals surface area contributed by atoms with Crippen molar-refractivity contribution in [2.75, 3.05) is 37.6 Å². The lowest BCUT2D eigenvalue weighted by atomic mass is 9.80. The van der Waals surface area contributed by atoms with Gasteiger partial charge in [0.05, 0.1) is 34.2 Å². The van der Waals surface area contributed by atoms with Crippen LogP contribution in [0.1, 0.15) is 84.8 Å². The van der Waals surface area contributed by atoms with Crippen LogP contribution in [-0.4, -0.2) is 80.8 Å². The van der Waals surface area contributed by atoms with E-state index in [4.69, 9.17) is 14.8 Å². The molecule has 0 N–H and O–H groups in total. The third-order valence-electron chi connectivity index (χ3n) is 8.94. The van der Waals surface area contributed by atoms with Crippen molar-refractivity contribution in [3.05, 3.63) is 65.6 Å². The monoisotopic (exact) mass is 582 g/mol. The number of carbonyl (C=O) groups is 3. The number of fused-ring (bicyclic) bond motifs is 1. The first-order valence-electron chi connectivity index (χ1n) is 15.4. The Morgan fingerprint density at radius 3 is 2.23 bits per heavy atom. The molecule has 10 heteroatoms. The molecular weight excluding hydrogens is 544 g/mol. The van der Waals surface area contributed by atoms with Crippen LogP contribution in [0, 0.1) is 5.92 Å². The van der Waals surface area contributed by atoms with Gasteiger partial charge in [-0.15, -0.1) is 0 Å². The number of nitrogens with zero attached hydrogens (tertiary/aromatic N) is 6. The molecule has 1 aromatic carbocycles. The fourth-order valence-electron chi connectivity index (χ4n) is 6.48. The predicted molar refractivity (Wildman–Crippen MR) is 161 cm³/mol. The van der Waals surface area contributed by atoms with E-state index in [0.29, 0.717) is 49.8 Å². The number of hydrogen-bond donors (Lipinski definition) is 0. The summed E-state index contributed by atoms with van der Waals surface area (Å²) in [4.78, 5) is 48.6. The first-order chi connectivity index (χ1) is 20.7. The van der Waals surface area contributed by atoms with Crippen molar-refractivity contribution < 1.29 is 19.1 Å². The Bertz CT molecular complexity index is 1540. The fourth-order valence-corrected chi connectivity index (χ4v) is 6.48. The van der Waals surface area contributed by atoms with Gasteiger partial charge in [0.15, 0.2) is 0 Å². The van der Waals surface area contributed by atoms with E-state index in [1.807, 2.05) is 33.0 Å². The van der Waals surface area contributed by atoms with E-state index in [0.717, 1.165) is 48.3 Å². The predicted octanol–water partition coefficient (Wildman–Crippen LogP) is 5.13. The van der Waals surface area contributed by atoms with Gasteiger partial charge >= 0.3 is 6.09 Å². The maximum Gasteiger partial charge on any atom is 0.410 e. The van der Waals surface area contributed by atoms with Crippen LogP contribution >= 0.6 is 0 Å². The lowest BCUT2D eigenvalue weighted by Crippen LogP contribution is -2.50. The molecule has 2 saturated carbocycles. The highest BCUT2D eigenvalue weighted by atomic mass is 16.6. The van der Waals surface area contributed by atoms with Gasteiger partial charge in [0.1, 0.15) is 5.60 Å². The zero-order valence-electron chi connectivity index (χ0n) is 25.0. The molecule has 0 radical (unpaired) electrons. The summed E-state index contributed by atoms with van der Waals surface area (Å²) in [6.45, 7) is 8.70. The van der Waals surface area contributed by atoms with E-state index >= 15 is 0 Å². The van der Waals surface area contributed by atoms with Gasteiger partial charge in [0, 0.05) is 56.6 Å². The van der Waals surface area contributed by atoms with E-state index in [9.17, 15) is 14.4 Å². The van der Waals surface area contributed by atoms with E-state index in [1.165, 1.54) is 4.90 Å². The van der Waals surface area contributed by atoms with Crippen molar-refractivity contribution in [2.45, 2.75) is 64.0 Å². The normalized spacial score (nSPS) is 22.1. The van der Waals surface area contributed by atoms with Crippen molar-refractivity contribution >= 4 is 23.6 Å². The summed E-state index contributed by atoms with van der Waals surface area (Å²) in [6, 6.07) is 11.4. The number of piperazine rings is 1. The van der Waals surface area contributed by atoms with Gasteiger partial charge in [0.25, 0.3) is 11.8 Å². The Balaban J connectivity index is 1.04. The van der Waals surface area contributed by atoms with Crippen molar-refractivity contribution in [1.29, 1.82) is 0 Å². The average molecular weight is 583 g/mol. The van der Waals surface area contributed by atoms with Crippen LogP contribution in [-0.2, 0) is 4.74 Å². The molecule has 3 fully saturated rings. The Morgan fingerprint density at radius 2 is 1.60 bits per heavy atom. The highest BCUT2D eigenvalue weighted by molar-refractivity contribution is 6.21. The lowest BCUT2D eigenvalue weighted by molar-refractivity contribution is 0.0240. The molecule has 224 valence electrons. The van der Waals surface area contributed by atoms with E-state index in [1.54, 1.807) is 29.2 Å². The molecule has 43 heavy (non-hydrogen) atoms. The second kappa shape index (κ2) is 10.5. The molecule has 3 aromatic rings. The second-order valence-corrected chi connectivity index (χ2v) is 13.3. The number of anilines is 1. The molecule has 0 atom stereocenters. The highest BCUT2D eigenvalue weighted by Gasteiger charge is 2.41. The Hall–Kier alpha value is -4.21. The lowest BCUT2D eigenvalue weighted by Gasteiger charge is -2.37. The molecule has 2 aliphatic heterocycles. The molecule has 4 aliphatic rings. The van der Waals surface area contributed by atoms with Gasteiger partial charge in [-0.2, -0.15) is 5.10 Å². The maximum absolute atomic E-state index is 12.8. The van der Waals surface area contributed by atoms with Crippen LogP contribution in [0.2, 0.25) is 0 Å². The van der Waals surface area contributed by atoms with Crippen molar-refractivity contribution in [1.82, 2.24) is 24.6 Å². The van der Waals surface area contributed by atoms with Gasteiger partial charge in [0.2, 0.25) is 0 Å². The number of carbonyl (C=O) groups excluding carboxylic acids is 3. The van der Waals surface area contributed by atoms with Crippen molar-refractivity contribution in [2.24, 2.45) is 5.92 Å². The molecule has 1 saturated heterocycles. The highest BCUT2D eigenvalue weighted by Crippen LogP contribution is 2.47. The zero-order chi connectivity index (χ0) is 29.9. The molecule has 0 unspecified atom stereocenters. The number of benzene rings is 1. The third-order valence-corrected chi connectivity index (χ3v) is 8.94. The Morgan fingerprint density at radius 1 is 0.930 bits per heavy atom. The minimum Gasteiger partial charge on any atom is -0.444 e. The molecule has 7 rings (SSSR count). The van der Waals surface area contributed by atoms with E-state index < -0.39 is 5.60 Å². The summed E-state index contributed by atoms with van der Waals surface area (Å²) in [5.74, 6) is 0.340. The molecule has 4 heterocycles. The first-order valence-corrected chi connectivity index (χ1v) is 15.4. The van der Waals surface area contributed by atoms with Gasteiger partial charge < -0.3 is 14.5 Å². The number of hydrogen-bond acceptors (Lipinski definition) is 7. The van der Waals surface area contributed by atoms with Crippen LogP contribution < -0.4 is 4.90 Å². The smallest absolute Gasteiger partial charge is 0.410 e. The van der Waals surface area contributed by atoms with Gasteiger partial charge in [-0.05, 0) is 76.6 Å². The van der Waals surface area contributed by atoms with Crippen LogP contribution in [0.4, 0.5) is 10.5 Å². The van der Waals surface area contributed by atoms with Crippen LogP contribution in [0.15, 0.2) is 48.8 Å². The van der Waals surface area contributed by atoms with Crippen molar-refractivity contribution in [3.63, 3.8) is 0 Å². The molecule has 0 spiro atoms. The molecule has 2 aliphatic carbocycles. The number of ether oxygens (including phenoxy) is 1. The zero-order valence-corrected chi connectivity index (χ0v) is 25.0. The minimum atomic E-state index is -0.514. The summed E-state index contributed by atoms with van der Waals surface area (Å²) < 4.78 is 7.68. The van der Waals surface area contributed by atoms with Gasteiger partial charge in [-0.3, -0.25) is 24.2 Å². The van der Waals surface area contributed by atoms with Gasteiger partial charge in [-0.25, -0.2) is 4.79 Å². The van der Waals surface area contributed by atoms with Crippen LogP contribution in [0.25, 0.3) is 11.3 Å². The summed E-state index contributed by atoms with van der Waals surface area (Å²) in [7, 11) is 0. The number of aromatic nitrogens is 3. The van der Waals surface area contributed by atoms with E-state index in [-0.39, 0.29) is 29.9 Å². The summed E-state index contributed by atoms with van der Waals surface area (Å²) in [5.41, 5.74) is 4.68. The molecule has 3 amide bonds. The minimum absolute atomic E-state index is 0.184. The Kier molecular flexibility index (Phi) is 6.74. The summed E-state index contributed by atoms with van der Waals surface area (Å²) in [5, 5.41) is 5.10. The van der Waals surface area contributed by atoms with E-state index in [2.05, 4.69) is 21.8 Å². The largest absolute Gasteiger partial charge is 0.444 e. The topological polar surface area (TPSA) is 101 Å². The summed E-state index contributed by atoms with van der Waals surface area (Å²) >= 11 is 0. The summed E-state index contributed by atoms with van der Waals surface area (Å²) in [6.07, 6.45) is 7.74. The maximum atomic E-state index is 12.8. The SMILES string of the molecule is CC(C)(C)OC(=O)N1CCN(c2cccnc2-c2cn(C3CC(CN4C(=O)c5ccccc5C4=O)C3)nc2C2CC2)CC1. The molecule has 0 bridgehead atoms. The standard InChI is InChI=1S/C33H38N6O4/c1-33(2,3)43-32(42)37-15-13-36(14-16-37)27-9-6-12-34-29(27)26-20-39(35-28(26)22-10-11-22)23-17-21(18-23)19-38-30(40)24-7-4-5-8-25(24)31(38)41/h4-9,12,20-23H,10-11,13-19H2,1-3H3. The van der Waals surface area contributed by atoms with Gasteiger partial charge in [-0.1, -0.05) is 12.1 Å². The number of amides is 3. The average Bonchev–Trinajstić information content (AvgIpc) is 3.68. The number of rotatable bonds is 6. The van der Waals surface area contributed by atoms with Crippen molar-refractivity contribution in [3.8, 4) is 11.3 Å². The molecule has 10 nitrogen and oxygen atoms in total. The second-order valence-electron chi connectivity index (χ2n) is 13.3. The third kappa shape index (κ3) is 5.28. The first kappa shape index (κ1) is 27.6. The fraction of sp³-hybridized carbons (Fsp3) is 0.485. The van der Waals surface area contributed by atoms with Crippen LogP contribution in [0.5, 0.6) is 0 Å². The van der Waals surface area contributed by atoms with Crippen LogP contribution in [0.3, 0.4) is 0 Å².